The topological polar surface area (TPSA) is 37.3 Å². The number of rotatable bonds is 2. The van der Waals surface area contributed by atoms with E-state index < -0.39 is 17.6 Å². The van der Waals surface area contributed by atoms with E-state index >= 15 is 0 Å². The Morgan fingerprint density at radius 1 is 1.33 bits per heavy atom. The van der Waals surface area contributed by atoms with Gasteiger partial charge in [0, 0.05) is 14.5 Å². The highest BCUT2D eigenvalue weighted by Gasteiger charge is 2.10. The van der Waals surface area contributed by atoms with Crippen LogP contribution >= 0.6 is 31.9 Å². The molecule has 0 aliphatic heterocycles. The summed E-state index contributed by atoms with van der Waals surface area (Å²) in [7, 11) is 0. The van der Waals surface area contributed by atoms with Crippen molar-refractivity contribution in [1.29, 1.82) is 0 Å². The van der Waals surface area contributed by atoms with E-state index in [1.54, 1.807) is 0 Å². The van der Waals surface area contributed by atoms with Crippen molar-refractivity contribution in [3.63, 3.8) is 0 Å². The molecule has 0 amide bonds. The third-order valence-corrected chi connectivity index (χ3v) is 2.83. The Hall–Kier alpha value is -0.750. The minimum absolute atomic E-state index is 0.233. The highest BCUT2D eigenvalue weighted by atomic mass is 79.9. The fourth-order valence-corrected chi connectivity index (χ4v) is 2.24. The molecule has 0 saturated carbocycles. The van der Waals surface area contributed by atoms with E-state index in [4.69, 9.17) is 5.11 Å². The Bertz CT molecular complexity index is 421. The molecule has 0 spiro atoms. The minimum atomic E-state index is -1.67. The van der Waals surface area contributed by atoms with Crippen LogP contribution in [0.2, 0.25) is 0 Å². The Kier molecular flexibility index (Phi) is 3.98. The summed E-state index contributed by atoms with van der Waals surface area (Å²) in [6.45, 7) is 0. The number of carboxylic acids is 1. The second-order valence-electron chi connectivity index (χ2n) is 2.58. The van der Waals surface area contributed by atoms with Crippen LogP contribution in [0.4, 0.5) is 8.78 Å². The van der Waals surface area contributed by atoms with Crippen molar-refractivity contribution in [1.82, 2.24) is 0 Å². The highest BCUT2D eigenvalue weighted by molar-refractivity contribution is 9.11. The summed E-state index contributed by atoms with van der Waals surface area (Å²) in [5.41, 5.74) is 0.233. The lowest BCUT2D eigenvalue weighted by molar-refractivity contribution is -0.134. The van der Waals surface area contributed by atoms with Crippen LogP contribution in [0.3, 0.4) is 0 Å². The molecule has 2 nitrogen and oxygen atoms in total. The lowest BCUT2D eigenvalue weighted by Gasteiger charge is -2.02. The second kappa shape index (κ2) is 4.85. The molecule has 0 aliphatic carbocycles. The molecule has 0 saturated heterocycles. The molecule has 1 N–H and O–H groups in total. The summed E-state index contributed by atoms with van der Waals surface area (Å²) in [4.78, 5) is 10.2. The van der Waals surface area contributed by atoms with Crippen LogP contribution in [0.1, 0.15) is 5.56 Å². The van der Waals surface area contributed by atoms with Crippen molar-refractivity contribution in [3.8, 4) is 0 Å². The molecule has 0 atom stereocenters. The van der Waals surface area contributed by atoms with Crippen LogP contribution in [0, 0.1) is 5.82 Å². The number of carboxylic acid groups (broad SMARTS) is 1. The molecule has 0 fully saturated rings. The van der Waals surface area contributed by atoms with Crippen molar-refractivity contribution < 1.29 is 18.7 Å². The maximum absolute atomic E-state index is 12.8. The Morgan fingerprint density at radius 3 is 2.20 bits per heavy atom. The molecule has 0 aliphatic rings. The normalized spacial score (nSPS) is 11.6. The van der Waals surface area contributed by atoms with Gasteiger partial charge >= 0.3 is 5.97 Å². The first-order valence-electron chi connectivity index (χ1n) is 3.67. The van der Waals surface area contributed by atoms with E-state index in [1.165, 1.54) is 0 Å². The zero-order valence-electron chi connectivity index (χ0n) is 7.10. The summed E-state index contributed by atoms with van der Waals surface area (Å²) >= 11 is 6.00. The Labute approximate surface area is 101 Å². The van der Waals surface area contributed by atoms with Gasteiger partial charge in [-0.3, -0.25) is 0 Å². The van der Waals surface area contributed by atoms with Crippen molar-refractivity contribution >= 4 is 43.9 Å². The average molecular weight is 342 g/mol. The Morgan fingerprint density at radius 2 is 1.80 bits per heavy atom. The predicted octanol–water partition coefficient (Wildman–Crippen LogP) is 3.75. The fourth-order valence-electron chi connectivity index (χ4n) is 0.880. The van der Waals surface area contributed by atoms with Crippen LogP contribution in [0.5, 0.6) is 0 Å². The van der Waals surface area contributed by atoms with Gasteiger partial charge in [0.15, 0.2) is 0 Å². The summed E-state index contributed by atoms with van der Waals surface area (Å²) in [5.74, 6) is -3.50. The van der Waals surface area contributed by atoms with Crippen molar-refractivity contribution in [2.75, 3.05) is 0 Å². The Balaban J connectivity index is 3.27. The molecule has 1 aromatic carbocycles. The van der Waals surface area contributed by atoms with Gasteiger partial charge in [0.2, 0.25) is 5.83 Å². The zero-order chi connectivity index (χ0) is 11.6. The first-order valence-corrected chi connectivity index (χ1v) is 5.25. The first kappa shape index (κ1) is 12.3. The van der Waals surface area contributed by atoms with E-state index in [1.807, 2.05) is 0 Å². The number of carbonyl (C=O) groups is 1. The zero-order valence-corrected chi connectivity index (χ0v) is 10.3. The average Bonchev–Trinajstić information content (AvgIpc) is 2.10. The molecule has 1 aromatic rings. The number of benzene rings is 1. The molecule has 0 unspecified atom stereocenters. The molecular formula is C9H4Br2F2O2. The quantitative estimate of drug-likeness (QED) is 0.832. The van der Waals surface area contributed by atoms with Crippen LogP contribution in [-0.4, -0.2) is 11.1 Å². The van der Waals surface area contributed by atoms with Gasteiger partial charge in [0.1, 0.15) is 5.82 Å². The summed E-state index contributed by atoms with van der Waals surface area (Å²) in [6, 6.07) is 2.23. The van der Waals surface area contributed by atoms with Crippen LogP contribution < -0.4 is 0 Å². The fraction of sp³-hybridized carbons (Fsp3) is 0. The molecule has 0 aromatic heterocycles. The van der Waals surface area contributed by atoms with E-state index in [-0.39, 0.29) is 14.5 Å². The monoisotopic (exact) mass is 340 g/mol. The number of hydrogen-bond acceptors (Lipinski definition) is 1. The van der Waals surface area contributed by atoms with E-state index in [0.29, 0.717) is 0 Å². The first-order chi connectivity index (χ1) is 6.91. The highest BCUT2D eigenvalue weighted by Crippen LogP contribution is 2.29. The largest absolute Gasteiger partial charge is 0.476 e. The second-order valence-corrected chi connectivity index (χ2v) is 4.29. The molecule has 80 valence electrons. The third-order valence-electron chi connectivity index (χ3n) is 1.52. The van der Waals surface area contributed by atoms with Gasteiger partial charge in [-0.15, -0.1) is 0 Å². The van der Waals surface area contributed by atoms with Gasteiger partial charge in [-0.1, -0.05) is 31.9 Å². The SMILES string of the molecule is O=C(O)C(F)=Cc1c(Br)cc(F)cc1Br. The molecule has 0 heterocycles. The molecule has 0 radical (unpaired) electrons. The van der Waals surface area contributed by atoms with Gasteiger partial charge in [0.25, 0.3) is 0 Å². The molecule has 15 heavy (non-hydrogen) atoms. The van der Waals surface area contributed by atoms with E-state index in [9.17, 15) is 13.6 Å². The molecule has 0 bridgehead atoms. The predicted molar refractivity (Wildman–Crippen MR) is 58.5 cm³/mol. The van der Waals surface area contributed by atoms with Crippen LogP contribution in [0.25, 0.3) is 6.08 Å². The van der Waals surface area contributed by atoms with Gasteiger partial charge in [-0.25, -0.2) is 9.18 Å². The maximum Gasteiger partial charge on any atom is 0.364 e. The van der Waals surface area contributed by atoms with Gasteiger partial charge in [-0.05, 0) is 18.2 Å². The van der Waals surface area contributed by atoms with Gasteiger partial charge in [0.05, 0.1) is 0 Å². The number of halogens is 4. The van der Waals surface area contributed by atoms with Gasteiger partial charge in [-0.2, -0.15) is 4.39 Å². The molecular weight excluding hydrogens is 338 g/mol. The number of aliphatic carboxylic acids is 1. The summed E-state index contributed by atoms with van der Waals surface area (Å²) < 4.78 is 26.2. The van der Waals surface area contributed by atoms with Crippen LogP contribution in [-0.2, 0) is 4.79 Å². The third kappa shape index (κ3) is 3.10. The molecule has 1 rings (SSSR count). The summed E-state index contributed by atoms with van der Waals surface area (Å²) in [5, 5.41) is 8.33. The van der Waals surface area contributed by atoms with E-state index in [2.05, 4.69) is 31.9 Å². The van der Waals surface area contributed by atoms with Crippen LogP contribution in [0.15, 0.2) is 26.9 Å². The lowest BCUT2D eigenvalue weighted by Crippen LogP contribution is -1.95. The van der Waals surface area contributed by atoms with Gasteiger partial charge < -0.3 is 5.11 Å². The number of hydrogen-bond donors (Lipinski definition) is 1. The summed E-state index contributed by atoms with van der Waals surface area (Å²) in [6.07, 6.45) is 0.802. The van der Waals surface area contributed by atoms with Crippen molar-refractivity contribution in [2.24, 2.45) is 0 Å². The lowest BCUT2D eigenvalue weighted by atomic mass is 10.2. The standard InChI is InChI=1S/C9H4Br2F2O2/c10-6-1-4(12)2-7(11)5(6)3-8(13)9(14)15/h1-3H,(H,14,15). The minimum Gasteiger partial charge on any atom is -0.476 e. The smallest absolute Gasteiger partial charge is 0.364 e. The maximum atomic E-state index is 12.8. The van der Waals surface area contributed by atoms with Crippen molar-refractivity contribution in [2.45, 2.75) is 0 Å². The van der Waals surface area contributed by atoms with Crippen molar-refractivity contribution in [3.05, 3.63) is 38.3 Å². The van der Waals surface area contributed by atoms with E-state index in [0.717, 1.165) is 18.2 Å². The molecule has 6 heteroatoms.